The maximum atomic E-state index is 7.73. The average Bonchev–Trinajstić information content (AvgIpc) is 2.38. The molecule has 1 aromatic carbocycles. The zero-order valence-corrected chi connectivity index (χ0v) is 9.43. The smallest absolute Gasteiger partial charge is 0.156 e. The van der Waals surface area contributed by atoms with Crippen LogP contribution in [0.2, 0.25) is 0 Å². The largest absolute Gasteiger partial charge is 0.214 e. The molecule has 0 aliphatic heterocycles. The second kappa shape index (κ2) is 3.95. The van der Waals surface area contributed by atoms with Gasteiger partial charge in [0.05, 0.1) is 1.37 Å². The monoisotopic (exact) mass is 220 g/mol. The maximum Gasteiger partial charge on any atom is 0.156 e. The lowest BCUT2D eigenvalue weighted by atomic mass is 9.98. The molecule has 0 atom stereocenters. The summed E-state index contributed by atoms with van der Waals surface area (Å²) in [5.74, 6) is 0. The van der Waals surface area contributed by atoms with Crippen LogP contribution in [-0.2, 0) is 0 Å². The van der Waals surface area contributed by atoms with Crippen molar-refractivity contribution in [3.05, 3.63) is 78.6 Å². The second-order valence-electron chi connectivity index (χ2n) is 4.01. The van der Waals surface area contributed by atoms with Gasteiger partial charge < -0.3 is 0 Å². The van der Waals surface area contributed by atoms with E-state index >= 15 is 0 Å². The highest BCUT2D eigenvalue weighted by molar-refractivity contribution is 5.65. The number of nitrogens with zero attached hydrogens (tertiary/aromatic N) is 1. The first-order valence-electron chi connectivity index (χ1n) is 6.07. The predicted molar refractivity (Wildman–Crippen MR) is 69.5 cm³/mol. The van der Waals surface area contributed by atoms with Crippen molar-refractivity contribution in [1.29, 1.82) is 0 Å². The van der Waals surface area contributed by atoms with Gasteiger partial charge >= 0.3 is 0 Å². The summed E-state index contributed by atoms with van der Waals surface area (Å²) in [6, 6.07) is 10.1. The van der Waals surface area contributed by atoms with Crippen molar-refractivity contribution in [2.75, 3.05) is 0 Å². The number of fused-ring (bicyclic) bond motifs is 1. The fourth-order valence-electron chi connectivity index (χ4n) is 2.12. The normalized spacial score (nSPS) is 13.3. The maximum absolute atomic E-state index is 7.73. The molecule has 82 valence electrons. The van der Waals surface area contributed by atoms with Crippen LogP contribution < -0.4 is 9.46 Å². The molecule has 1 nitrogen and oxygen atoms in total. The molecule has 1 aromatic heterocycles. The molecule has 0 amide bonds. The summed E-state index contributed by atoms with van der Waals surface area (Å²) in [5.41, 5.74) is 3.22. The molecule has 0 saturated carbocycles. The Morgan fingerprint density at radius 1 is 1.24 bits per heavy atom. The zero-order chi connectivity index (χ0) is 12.5. The molecule has 17 heavy (non-hydrogen) atoms. The van der Waals surface area contributed by atoms with E-state index < -0.39 is 0 Å². The SMILES string of the molecule is [2H]c1cccc(-c2c3c(cc[n+]2=C)=CC=C[CH-]3)c1. The summed E-state index contributed by atoms with van der Waals surface area (Å²) in [6.45, 7) is 4.03. The van der Waals surface area contributed by atoms with Crippen LogP contribution >= 0.6 is 0 Å². The van der Waals surface area contributed by atoms with E-state index in [-0.39, 0.29) is 0 Å². The predicted octanol–water partition coefficient (Wildman–Crippen LogP) is 2.18. The first-order valence-corrected chi connectivity index (χ1v) is 5.57. The van der Waals surface area contributed by atoms with Gasteiger partial charge in [0.2, 0.25) is 0 Å². The Balaban J connectivity index is 2.34. The molecule has 1 heterocycles. The highest BCUT2D eigenvalue weighted by Gasteiger charge is 2.08. The van der Waals surface area contributed by atoms with Gasteiger partial charge in [0.1, 0.15) is 12.4 Å². The Morgan fingerprint density at radius 2 is 2.18 bits per heavy atom. The summed E-state index contributed by atoms with van der Waals surface area (Å²) in [5, 5.41) is 1.18. The van der Waals surface area contributed by atoms with Crippen LogP contribution in [0.25, 0.3) is 17.3 Å². The molecular weight excluding hydrogens is 206 g/mol. The molecule has 0 spiro atoms. The number of pyridine rings is 1. The number of benzene rings is 1. The molecule has 0 unspecified atom stereocenters. The lowest BCUT2D eigenvalue weighted by molar-refractivity contribution is -0.486. The molecule has 0 fully saturated rings. The Morgan fingerprint density at radius 3 is 3.06 bits per heavy atom. The highest BCUT2D eigenvalue weighted by atomic mass is 14.8. The minimum atomic E-state index is 0.514. The van der Waals surface area contributed by atoms with Crippen LogP contribution in [0.4, 0.5) is 0 Å². The number of hydrogen-bond acceptors (Lipinski definition) is 0. The molecular formula is C16H13N. The van der Waals surface area contributed by atoms with Crippen molar-refractivity contribution in [2.45, 2.75) is 0 Å². The molecule has 0 N–H and O–H groups in total. The number of allylic oxidation sites excluding steroid dienone is 2. The highest BCUT2D eigenvalue weighted by Crippen LogP contribution is 2.19. The summed E-state index contributed by atoms with van der Waals surface area (Å²) in [7, 11) is 0. The fourth-order valence-corrected chi connectivity index (χ4v) is 2.12. The minimum Gasteiger partial charge on any atom is -0.214 e. The zero-order valence-electron chi connectivity index (χ0n) is 10.4. The molecule has 3 rings (SSSR count). The van der Waals surface area contributed by atoms with Crippen molar-refractivity contribution >= 4 is 6.08 Å². The standard InChI is InChI=1S/C16H13N/c1-17-12-11-13-7-5-6-10-15(13)16(17)14-8-3-2-4-9-14/h2-12H,1H2/i3D. The number of aromatic nitrogens is 1. The Bertz CT molecular complexity index is 744. The average molecular weight is 220 g/mol. The van der Waals surface area contributed by atoms with Crippen LogP contribution in [0.5, 0.6) is 0 Å². The van der Waals surface area contributed by atoms with Gasteiger partial charge in [-0.15, -0.1) is 24.6 Å². The van der Waals surface area contributed by atoms with E-state index in [1.165, 1.54) is 5.22 Å². The fraction of sp³-hybridized carbons (Fsp3) is 0. The molecule has 2 aromatic rings. The summed E-state index contributed by atoms with van der Waals surface area (Å²) >= 11 is 0. The molecule has 1 aliphatic carbocycles. The first-order chi connectivity index (χ1) is 8.75. The third-order valence-corrected chi connectivity index (χ3v) is 2.92. The van der Waals surface area contributed by atoms with Gasteiger partial charge in [-0.1, -0.05) is 41.1 Å². The third-order valence-electron chi connectivity index (χ3n) is 2.92. The van der Waals surface area contributed by atoms with E-state index in [0.29, 0.717) is 6.04 Å². The van der Waals surface area contributed by atoms with Gasteiger partial charge in [-0.25, -0.2) is 4.24 Å². The van der Waals surface area contributed by atoms with E-state index in [9.17, 15) is 0 Å². The van der Waals surface area contributed by atoms with Gasteiger partial charge in [0, 0.05) is 5.56 Å². The summed E-state index contributed by atoms with van der Waals surface area (Å²) in [6.07, 6.45) is 10.2. The Kier molecular flexibility index (Phi) is 2.05. The van der Waals surface area contributed by atoms with Crippen LogP contribution in [-0.4, -0.2) is 0 Å². The number of hydrogen-bond donors (Lipinski definition) is 0. The molecule has 1 heteroatoms. The van der Waals surface area contributed by atoms with Crippen LogP contribution in [0, 0.1) is 13.1 Å². The third kappa shape index (κ3) is 1.66. The van der Waals surface area contributed by atoms with Crippen LogP contribution in [0.1, 0.15) is 6.93 Å². The molecule has 0 bridgehead atoms. The van der Waals surface area contributed by atoms with E-state index in [4.69, 9.17) is 1.37 Å². The summed E-state index contributed by atoms with van der Waals surface area (Å²) < 4.78 is 9.59. The summed E-state index contributed by atoms with van der Waals surface area (Å²) in [4.78, 5) is 0. The van der Waals surface area contributed by atoms with E-state index in [2.05, 4.69) is 25.3 Å². The van der Waals surface area contributed by atoms with Crippen molar-refractivity contribution in [3.63, 3.8) is 0 Å². The lowest BCUT2D eigenvalue weighted by Crippen LogP contribution is -2.25. The van der Waals surface area contributed by atoms with Crippen molar-refractivity contribution in [3.8, 4) is 11.3 Å². The van der Waals surface area contributed by atoms with Gasteiger partial charge in [-0.2, -0.15) is 0 Å². The van der Waals surface area contributed by atoms with Gasteiger partial charge in [-0.05, 0) is 6.07 Å². The van der Waals surface area contributed by atoms with Gasteiger partial charge in [-0.3, -0.25) is 0 Å². The molecule has 1 aliphatic rings. The van der Waals surface area contributed by atoms with Crippen molar-refractivity contribution < 1.29 is 5.61 Å². The van der Waals surface area contributed by atoms with E-state index in [1.54, 1.807) is 6.07 Å². The second-order valence-corrected chi connectivity index (χ2v) is 4.01. The van der Waals surface area contributed by atoms with E-state index in [1.807, 2.05) is 40.8 Å². The first kappa shape index (κ1) is 8.82. The van der Waals surface area contributed by atoms with Gasteiger partial charge in [0.25, 0.3) is 0 Å². The quantitative estimate of drug-likeness (QED) is 0.513. The molecule has 0 saturated heterocycles. The van der Waals surface area contributed by atoms with E-state index in [0.717, 1.165) is 16.8 Å². The topological polar surface area (TPSA) is 5.90 Å². The minimum absolute atomic E-state index is 0.514. The van der Waals surface area contributed by atoms with Crippen molar-refractivity contribution in [1.82, 2.24) is 0 Å². The Hall–Kier alpha value is -2.28. The van der Waals surface area contributed by atoms with Crippen LogP contribution in [0.15, 0.2) is 54.7 Å². The Labute approximate surface area is 102 Å². The molecule has 0 radical (unpaired) electrons. The number of rotatable bonds is 1. The van der Waals surface area contributed by atoms with Crippen LogP contribution in [0.3, 0.4) is 0 Å². The lowest BCUT2D eigenvalue weighted by Gasteiger charge is -2.13. The van der Waals surface area contributed by atoms with Crippen molar-refractivity contribution in [2.24, 2.45) is 0 Å². The van der Waals surface area contributed by atoms with Gasteiger partial charge in [0.15, 0.2) is 6.20 Å².